The van der Waals surface area contributed by atoms with Gasteiger partial charge in [-0.15, -0.1) is 0 Å². The van der Waals surface area contributed by atoms with Gasteiger partial charge in [0.25, 0.3) is 0 Å². The van der Waals surface area contributed by atoms with Crippen LogP contribution in [0, 0.1) is 5.92 Å². The largest absolute Gasteiger partial charge is 0.465 e. The van der Waals surface area contributed by atoms with E-state index < -0.39 is 0 Å². The lowest BCUT2D eigenvalue weighted by atomic mass is 9.99. The van der Waals surface area contributed by atoms with E-state index in [9.17, 15) is 4.79 Å². The van der Waals surface area contributed by atoms with Gasteiger partial charge in [-0.3, -0.25) is 0 Å². The number of carbonyl (C=O) groups excluding carboxylic acids is 1. The highest BCUT2D eigenvalue weighted by Crippen LogP contribution is 2.20. The molecule has 1 aromatic rings. The van der Waals surface area contributed by atoms with Crippen molar-refractivity contribution in [2.24, 2.45) is 0 Å². The molecule has 0 N–H and O–H groups in total. The van der Waals surface area contributed by atoms with Crippen molar-refractivity contribution in [2.75, 3.05) is 26.7 Å². The topological polar surface area (TPSA) is 29.5 Å². The van der Waals surface area contributed by atoms with Gasteiger partial charge in [0.1, 0.15) is 0 Å². The highest BCUT2D eigenvalue weighted by Gasteiger charge is 2.14. The van der Waals surface area contributed by atoms with Gasteiger partial charge in [0.2, 0.25) is 0 Å². The summed E-state index contributed by atoms with van der Waals surface area (Å²) in [6.45, 7) is 7.76. The van der Waals surface area contributed by atoms with Gasteiger partial charge >= 0.3 is 5.97 Å². The van der Waals surface area contributed by atoms with Crippen LogP contribution in [0.3, 0.4) is 0 Å². The van der Waals surface area contributed by atoms with Crippen molar-refractivity contribution in [3.05, 3.63) is 46.9 Å². The molecular weight excluding hydrogens is 262 g/mol. The smallest absolute Gasteiger partial charge is 0.337 e. The molecule has 3 heteroatoms. The number of hydrogen-bond acceptors (Lipinski definition) is 3. The molecule has 113 valence electrons. The molecule has 0 amide bonds. The Morgan fingerprint density at radius 3 is 2.33 bits per heavy atom. The normalized spacial score (nSPS) is 16.1. The number of esters is 1. The summed E-state index contributed by atoms with van der Waals surface area (Å²) < 4.78 is 4.71. The lowest BCUT2D eigenvalue weighted by molar-refractivity contribution is 0.0600. The van der Waals surface area contributed by atoms with E-state index >= 15 is 0 Å². The maximum Gasteiger partial charge on any atom is 0.337 e. The van der Waals surface area contributed by atoms with Gasteiger partial charge in [-0.2, -0.15) is 0 Å². The Bertz CT molecular complexity index is 492. The SMILES string of the molecule is COC(=O)c1ccc(C=C2CCN(C[C](C)C)CC2)cc1. The number of ether oxygens (including phenoxy) is 1. The van der Waals surface area contributed by atoms with Crippen molar-refractivity contribution < 1.29 is 9.53 Å². The van der Waals surface area contributed by atoms with Gasteiger partial charge in [0.05, 0.1) is 12.7 Å². The molecule has 1 saturated heterocycles. The molecule has 1 aliphatic rings. The van der Waals surface area contributed by atoms with E-state index in [0.717, 1.165) is 38.0 Å². The molecule has 2 rings (SSSR count). The van der Waals surface area contributed by atoms with E-state index in [1.54, 1.807) is 0 Å². The number of likely N-dealkylation sites (tertiary alicyclic amines) is 1. The zero-order valence-electron chi connectivity index (χ0n) is 13.2. The van der Waals surface area contributed by atoms with Crippen LogP contribution in [-0.2, 0) is 4.74 Å². The van der Waals surface area contributed by atoms with Crippen LogP contribution in [0.25, 0.3) is 6.08 Å². The number of methoxy groups -OCH3 is 1. The molecule has 3 nitrogen and oxygen atoms in total. The monoisotopic (exact) mass is 286 g/mol. The minimum Gasteiger partial charge on any atom is -0.465 e. The van der Waals surface area contributed by atoms with Crippen LogP contribution in [0.4, 0.5) is 0 Å². The Morgan fingerprint density at radius 2 is 1.81 bits per heavy atom. The molecule has 0 saturated carbocycles. The van der Waals surface area contributed by atoms with E-state index in [-0.39, 0.29) is 5.97 Å². The molecule has 0 aliphatic carbocycles. The van der Waals surface area contributed by atoms with Gasteiger partial charge in [0.15, 0.2) is 0 Å². The molecule has 0 bridgehead atoms. The summed E-state index contributed by atoms with van der Waals surface area (Å²) in [6, 6.07) is 7.61. The third kappa shape index (κ3) is 4.71. The van der Waals surface area contributed by atoms with Crippen LogP contribution in [0.5, 0.6) is 0 Å². The molecule has 0 spiro atoms. The quantitative estimate of drug-likeness (QED) is 0.793. The van der Waals surface area contributed by atoms with Crippen LogP contribution in [0.2, 0.25) is 0 Å². The van der Waals surface area contributed by atoms with Crippen LogP contribution in [0.15, 0.2) is 29.8 Å². The first-order chi connectivity index (χ1) is 10.1. The Balaban J connectivity index is 1.94. The number of carbonyl (C=O) groups is 1. The van der Waals surface area contributed by atoms with E-state index in [1.807, 2.05) is 24.3 Å². The summed E-state index contributed by atoms with van der Waals surface area (Å²) >= 11 is 0. The van der Waals surface area contributed by atoms with E-state index in [0.29, 0.717) is 5.56 Å². The summed E-state index contributed by atoms with van der Waals surface area (Å²) in [4.78, 5) is 13.9. The van der Waals surface area contributed by atoms with Crippen molar-refractivity contribution in [3.8, 4) is 0 Å². The van der Waals surface area contributed by atoms with Gasteiger partial charge < -0.3 is 9.64 Å². The Hall–Kier alpha value is -1.61. The van der Waals surface area contributed by atoms with E-state index in [4.69, 9.17) is 4.74 Å². The van der Waals surface area contributed by atoms with Gasteiger partial charge in [-0.05, 0) is 36.5 Å². The van der Waals surface area contributed by atoms with Crippen LogP contribution in [-0.4, -0.2) is 37.6 Å². The Morgan fingerprint density at radius 1 is 1.19 bits per heavy atom. The molecule has 21 heavy (non-hydrogen) atoms. The summed E-state index contributed by atoms with van der Waals surface area (Å²) in [5.74, 6) is 1.19. The first kappa shape index (κ1) is 15.8. The fraction of sp³-hybridized carbons (Fsp3) is 0.444. The zero-order valence-corrected chi connectivity index (χ0v) is 13.2. The highest BCUT2D eigenvalue weighted by atomic mass is 16.5. The number of piperidine rings is 1. The van der Waals surface area contributed by atoms with Gasteiger partial charge in [0, 0.05) is 19.6 Å². The van der Waals surface area contributed by atoms with Crippen molar-refractivity contribution in [1.82, 2.24) is 4.90 Å². The third-order valence-corrected chi connectivity index (χ3v) is 3.74. The fourth-order valence-electron chi connectivity index (χ4n) is 2.66. The first-order valence-corrected chi connectivity index (χ1v) is 7.47. The first-order valence-electron chi connectivity index (χ1n) is 7.47. The second kappa shape index (κ2) is 7.41. The second-order valence-electron chi connectivity index (χ2n) is 5.90. The second-order valence-corrected chi connectivity index (χ2v) is 5.90. The molecule has 1 fully saturated rings. The van der Waals surface area contributed by atoms with Crippen molar-refractivity contribution >= 4 is 12.0 Å². The maximum absolute atomic E-state index is 11.4. The number of rotatable bonds is 4. The lowest BCUT2D eigenvalue weighted by Crippen LogP contribution is -2.33. The summed E-state index contributed by atoms with van der Waals surface area (Å²) in [5, 5.41) is 0. The Kier molecular flexibility index (Phi) is 5.57. The van der Waals surface area contributed by atoms with Crippen molar-refractivity contribution in [3.63, 3.8) is 0 Å². The molecule has 1 aliphatic heterocycles. The predicted octanol–water partition coefficient (Wildman–Crippen LogP) is 3.57. The van der Waals surface area contributed by atoms with Crippen molar-refractivity contribution in [1.29, 1.82) is 0 Å². The summed E-state index contributed by atoms with van der Waals surface area (Å²) in [6.07, 6.45) is 4.51. The highest BCUT2D eigenvalue weighted by molar-refractivity contribution is 5.89. The Labute approximate surface area is 127 Å². The number of benzene rings is 1. The minimum atomic E-state index is -0.284. The molecule has 1 radical (unpaired) electrons. The van der Waals surface area contributed by atoms with Crippen LogP contribution >= 0.6 is 0 Å². The number of hydrogen-bond donors (Lipinski definition) is 0. The van der Waals surface area contributed by atoms with Crippen LogP contribution in [0.1, 0.15) is 42.6 Å². The molecule has 1 heterocycles. The van der Waals surface area contributed by atoms with Crippen LogP contribution < -0.4 is 0 Å². The molecule has 0 unspecified atom stereocenters. The summed E-state index contributed by atoms with van der Waals surface area (Å²) in [7, 11) is 1.40. The molecular formula is C18H24NO2. The lowest BCUT2D eigenvalue weighted by Gasteiger charge is -2.29. The minimum absolute atomic E-state index is 0.284. The summed E-state index contributed by atoms with van der Waals surface area (Å²) in [5.41, 5.74) is 3.25. The van der Waals surface area contributed by atoms with E-state index in [1.165, 1.54) is 18.6 Å². The molecule has 0 aromatic heterocycles. The fourth-order valence-corrected chi connectivity index (χ4v) is 2.66. The third-order valence-electron chi connectivity index (χ3n) is 3.74. The average Bonchev–Trinajstić information content (AvgIpc) is 2.49. The number of nitrogens with zero attached hydrogens (tertiary/aromatic N) is 1. The zero-order chi connectivity index (χ0) is 15.2. The molecule has 1 aromatic carbocycles. The standard InChI is InChI=1S/C18H24NO2/c1-14(2)13-19-10-8-16(9-11-19)12-15-4-6-17(7-5-15)18(20)21-3/h4-7,12H,8-11,13H2,1-3H3. The van der Waals surface area contributed by atoms with Gasteiger partial charge in [-0.1, -0.05) is 37.6 Å². The molecule has 0 atom stereocenters. The van der Waals surface area contributed by atoms with E-state index in [2.05, 4.69) is 24.8 Å². The maximum atomic E-state index is 11.4. The van der Waals surface area contributed by atoms with Crippen molar-refractivity contribution in [2.45, 2.75) is 26.7 Å². The predicted molar refractivity (Wildman–Crippen MR) is 86.0 cm³/mol. The van der Waals surface area contributed by atoms with Gasteiger partial charge in [-0.25, -0.2) is 4.79 Å². The average molecular weight is 286 g/mol.